The van der Waals surface area contributed by atoms with E-state index >= 15 is 0 Å². The van der Waals surface area contributed by atoms with Crippen molar-refractivity contribution in [3.63, 3.8) is 0 Å². The largest absolute Gasteiger partial charge is 0.335 e. The molecule has 1 amide bonds. The third-order valence-electron chi connectivity index (χ3n) is 1.90. The van der Waals surface area contributed by atoms with Crippen molar-refractivity contribution in [2.24, 2.45) is 0 Å². The number of nitrogens with zero attached hydrogens (tertiary/aromatic N) is 1. The smallest absolute Gasteiger partial charge is 0.225 e. The number of carbonyl (C=O) groups is 1. The van der Waals surface area contributed by atoms with Crippen LogP contribution in [0.4, 0.5) is 0 Å². The topological polar surface area (TPSA) is 20.3 Å². The lowest BCUT2D eigenvalue weighted by atomic mass is 9.94. The van der Waals surface area contributed by atoms with Gasteiger partial charge in [0, 0.05) is 18.0 Å². The molecule has 0 bridgehead atoms. The van der Waals surface area contributed by atoms with Crippen LogP contribution in [0.2, 0.25) is 0 Å². The van der Waals surface area contributed by atoms with Crippen molar-refractivity contribution in [1.82, 2.24) is 4.90 Å². The van der Waals surface area contributed by atoms with Gasteiger partial charge < -0.3 is 4.90 Å². The number of carbonyl (C=O) groups excluding carboxylic acids is 1. The molecule has 0 radical (unpaired) electrons. The molecule has 1 heterocycles. The van der Waals surface area contributed by atoms with E-state index in [1.807, 2.05) is 4.90 Å². The molecule has 1 rings (SSSR count). The summed E-state index contributed by atoms with van der Waals surface area (Å²) in [4.78, 5) is 13.0. The van der Waals surface area contributed by atoms with Gasteiger partial charge in [-0.05, 0) is 27.7 Å². The van der Waals surface area contributed by atoms with E-state index in [9.17, 15) is 4.79 Å². The fraction of sp³-hybridized carbons (Fsp3) is 0.875. The van der Waals surface area contributed by atoms with Crippen LogP contribution in [0, 0.1) is 0 Å². The summed E-state index contributed by atoms with van der Waals surface area (Å²) in [7, 11) is 0. The zero-order valence-corrected chi connectivity index (χ0v) is 7.14. The molecule has 1 atom stereocenters. The molecule has 2 nitrogen and oxygen atoms in total. The van der Waals surface area contributed by atoms with Crippen LogP contribution in [-0.4, -0.2) is 22.4 Å². The van der Waals surface area contributed by atoms with Crippen molar-refractivity contribution in [2.75, 3.05) is 0 Å². The third kappa shape index (κ3) is 1.02. The molecule has 10 heavy (non-hydrogen) atoms. The minimum absolute atomic E-state index is 0.0226. The summed E-state index contributed by atoms with van der Waals surface area (Å²) in [5, 5.41) is 0. The van der Waals surface area contributed by atoms with E-state index in [0.29, 0.717) is 11.9 Å². The molecule has 0 aromatic heterocycles. The number of rotatable bonds is 0. The van der Waals surface area contributed by atoms with E-state index in [1.165, 1.54) is 0 Å². The summed E-state index contributed by atoms with van der Waals surface area (Å²) in [6.07, 6.45) is 0.733. The zero-order valence-electron chi connectivity index (χ0n) is 7.14. The van der Waals surface area contributed by atoms with Crippen molar-refractivity contribution < 1.29 is 4.79 Å². The molecule has 1 fully saturated rings. The highest BCUT2D eigenvalue weighted by Crippen LogP contribution is 2.27. The number of hydrogen-bond donors (Lipinski definition) is 0. The molecule has 1 saturated heterocycles. The van der Waals surface area contributed by atoms with Crippen molar-refractivity contribution in [2.45, 2.75) is 45.7 Å². The predicted octanol–water partition coefficient (Wildman–Crippen LogP) is 1.41. The van der Waals surface area contributed by atoms with Crippen LogP contribution < -0.4 is 0 Å². The van der Waals surface area contributed by atoms with Crippen molar-refractivity contribution >= 4 is 5.91 Å². The van der Waals surface area contributed by atoms with Gasteiger partial charge in [0.25, 0.3) is 0 Å². The fourth-order valence-electron chi connectivity index (χ4n) is 1.61. The van der Waals surface area contributed by atoms with Crippen molar-refractivity contribution in [3.05, 3.63) is 0 Å². The Morgan fingerprint density at radius 2 is 2.00 bits per heavy atom. The molecule has 0 unspecified atom stereocenters. The quantitative estimate of drug-likeness (QED) is 0.467. The molecular formula is C8H15NO. The molecule has 2 heteroatoms. The summed E-state index contributed by atoms with van der Waals surface area (Å²) < 4.78 is 0. The maximum atomic E-state index is 11.0. The molecule has 1 aliphatic rings. The summed E-state index contributed by atoms with van der Waals surface area (Å²) >= 11 is 0. The van der Waals surface area contributed by atoms with Crippen LogP contribution >= 0.6 is 0 Å². The molecule has 0 N–H and O–H groups in total. The summed E-state index contributed by atoms with van der Waals surface area (Å²) in [6, 6.07) is 0.451. The number of amides is 1. The average molecular weight is 141 g/mol. The predicted molar refractivity (Wildman–Crippen MR) is 40.7 cm³/mol. The average Bonchev–Trinajstić information content (AvgIpc) is 1.58. The molecule has 1 aliphatic heterocycles. The Kier molecular flexibility index (Phi) is 1.50. The second-order valence-corrected chi connectivity index (χ2v) is 3.99. The van der Waals surface area contributed by atoms with Gasteiger partial charge in [-0.1, -0.05) is 0 Å². The van der Waals surface area contributed by atoms with Gasteiger partial charge in [-0.25, -0.2) is 0 Å². The normalized spacial score (nSPS) is 26.6. The van der Waals surface area contributed by atoms with Crippen molar-refractivity contribution in [3.8, 4) is 0 Å². The fourth-order valence-corrected chi connectivity index (χ4v) is 1.61. The lowest BCUT2D eigenvalue weighted by Crippen LogP contribution is -2.59. The first kappa shape index (κ1) is 7.58. The van der Waals surface area contributed by atoms with E-state index in [1.54, 1.807) is 0 Å². The van der Waals surface area contributed by atoms with Crippen LogP contribution in [0.25, 0.3) is 0 Å². The van der Waals surface area contributed by atoms with Gasteiger partial charge in [-0.15, -0.1) is 0 Å². The number of likely N-dealkylation sites (tertiary alicyclic amines) is 1. The Hall–Kier alpha value is -0.530. The first-order valence-corrected chi connectivity index (χ1v) is 3.75. The Balaban J connectivity index is 2.64. The summed E-state index contributed by atoms with van der Waals surface area (Å²) in [6.45, 7) is 8.30. The van der Waals surface area contributed by atoms with Gasteiger partial charge in [0.15, 0.2) is 0 Å². The third-order valence-corrected chi connectivity index (χ3v) is 1.90. The maximum absolute atomic E-state index is 11.0. The van der Waals surface area contributed by atoms with Crippen LogP contribution in [0.5, 0.6) is 0 Å². The monoisotopic (exact) mass is 141 g/mol. The van der Waals surface area contributed by atoms with Gasteiger partial charge in [-0.2, -0.15) is 0 Å². The van der Waals surface area contributed by atoms with Gasteiger partial charge in [0.05, 0.1) is 0 Å². The van der Waals surface area contributed by atoms with Gasteiger partial charge in [-0.3, -0.25) is 4.79 Å². The Morgan fingerprint density at radius 1 is 1.50 bits per heavy atom. The highest BCUT2D eigenvalue weighted by atomic mass is 16.2. The molecule has 0 aromatic rings. The van der Waals surface area contributed by atoms with Crippen molar-refractivity contribution in [1.29, 1.82) is 0 Å². The van der Waals surface area contributed by atoms with Crippen LogP contribution in [0.15, 0.2) is 0 Å². The lowest BCUT2D eigenvalue weighted by molar-refractivity contribution is -0.152. The Morgan fingerprint density at radius 3 is 2.10 bits per heavy atom. The Bertz CT molecular complexity index is 157. The van der Waals surface area contributed by atoms with Gasteiger partial charge in [0.2, 0.25) is 5.91 Å². The molecule has 0 spiro atoms. The van der Waals surface area contributed by atoms with E-state index in [0.717, 1.165) is 6.42 Å². The van der Waals surface area contributed by atoms with E-state index in [4.69, 9.17) is 0 Å². The van der Waals surface area contributed by atoms with Gasteiger partial charge in [0.1, 0.15) is 0 Å². The second-order valence-electron chi connectivity index (χ2n) is 3.99. The van der Waals surface area contributed by atoms with Crippen LogP contribution in [0.1, 0.15) is 34.1 Å². The standard InChI is InChI=1S/C8H15NO/c1-6-5-7(10)9(6)8(2,3)4/h6H,5H2,1-4H3/t6-/m0/s1. The van der Waals surface area contributed by atoms with E-state index < -0.39 is 0 Å². The molecule has 0 aliphatic carbocycles. The summed E-state index contributed by atoms with van der Waals surface area (Å²) in [5.74, 6) is 0.292. The van der Waals surface area contributed by atoms with Crippen LogP contribution in [-0.2, 0) is 4.79 Å². The first-order chi connectivity index (χ1) is 4.43. The van der Waals surface area contributed by atoms with E-state index in [-0.39, 0.29) is 5.54 Å². The highest BCUT2D eigenvalue weighted by molar-refractivity contribution is 5.83. The second kappa shape index (κ2) is 1.97. The SMILES string of the molecule is C[C@H]1CC(=O)N1C(C)(C)C. The minimum Gasteiger partial charge on any atom is -0.335 e. The number of β-lactam (4-membered cyclic amide) rings is 1. The molecule has 0 saturated carbocycles. The number of hydrogen-bond acceptors (Lipinski definition) is 1. The van der Waals surface area contributed by atoms with Crippen LogP contribution in [0.3, 0.4) is 0 Å². The molecule has 58 valence electrons. The maximum Gasteiger partial charge on any atom is 0.225 e. The van der Waals surface area contributed by atoms with E-state index in [2.05, 4.69) is 27.7 Å². The first-order valence-electron chi connectivity index (χ1n) is 3.75. The minimum atomic E-state index is 0.0226. The van der Waals surface area contributed by atoms with Gasteiger partial charge >= 0.3 is 0 Å². The lowest BCUT2D eigenvalue weighted by Gasteiger charge is -2.47. The Labute approximate surface area is 62.2 Å². The zero-order chi connectivity index (χ0) is 7.94. The molecular weight excluding hydrogens is 126 g/mol. The molecule has 0 aromatic carbocycles. The highest BCUT2D eigenvalue weighted by Gasteiger charge is 2.39. The summed E-state index contributed by atoms with van der Waals surface area (Å²) in [5.41, 5.74) is 0.0226.